The molecular weight excluding hydrogens is 408 g/mol. The number of carbonyl (C=O) groups is 2. The molecule has 5 heteroatoms. The second-order valence-electron chi connectivity index (χ2n) is 5.36. The Hall–Kier alpha value is -2.66. The highest BCUT2D eigenvalue weighted by Crippen LogP contribution is 2.19. The van der Waals surface area contributed by atoms with Gasteiger partial charge in [-0.05, 0) is 43.4 Å². The van der Waals surface area contributed by atoms with Crippen molar-refractivity contribution in [1.82, 2.24) is 0 Å². The molecule has 27 heavy (non-hydrogen) atoms. The lowest BCUT2D eigenvalue weighted by Crippen LogP contribution is -1.92. The molecule has 0 aliphatic carbocycles. The molecule has 2 aromatic rings. The minimum absolute atomic E-state index is 0.0332. The lowest BCUT2D eigenvalue weighted by molar-refractivity contribution is -0.113. The van der Waals surface area contributed by atoms with Gasteiger partial charge in [-0.2, -0.15) is 0 Å². The molecule has 0 bridgehead atoms. The molecule has 0 fully saturated rings. The Bertz CT molecular complexity index is 809. The lowest BCUT2D eigenvalue weighted by atomic mass is 10.2. The van der Waals surface area contributed by atoms with Crippen molar-refractivity contribution in [2.24, 2.45) is 0 Å². The SMILES string of the molecule is COc1ccccc1/C=C/C(=O)CBr.COc1ccccc1/C=C/C(C)=O. The Kier molecular flexibility index (Phi) is 10.5. The summed E-state index contributed by atoms with van der Waals surface area (Å²) in [7, 11) is 3.22. The van der Waals surface area contributed by atoms with Crippen LogP contribution in [0.25, 0.3) is 12.2 Å². The maximum Gasteiger partial charge on any atom is 0.166 e. The molecule has 0 heterocycles. The van der Waals surface area contributed by atoms with Crippen molar-refractivity contribution in [3.8, 4) is 11.5 Å². The Balaban J connectivity index is 0.000000271. The normalized spacial score (nSPS) is 10.4. The molecule has 0 aliphatic heterocycles. The third kappa shape index (κ3) is 8.51. The molecule has 0 spiro atoms. The van der Waals surface area contributed by atoms with Gasteiger partial charge in [-0.15, -0.1) is 0 Å². The fourth-order valence-electron chi connectivity index (χ4n) is 2.04. The van der Waals surface area contributed by atoms with E-state index in [1.807, 2.05) is 48.5 Å². The van der Waals surface area contributed by atoms with E-state index in [0.717, 1.165) is 22.6 Å². The first-order valence-electron chi connectivity index (χ1n) is 8.23. The molecule has 142 valence electrons. The monoisotopic (exact) mass is 430 g/mol. The number of methoxy groups -OCH3 is 2. The molecule has 0 saturated carbocycles. The number of benzene rings is 2. The van der Waals surface area contributed by atoms with Gasteiger partial charge in [0, 0.05) is 11.1 Å². The number of halogens is 1. The van der Waals surface area contributed by atoms with Crippen molar-refractivity contribution in [3.05, 3.63) is 71.8 Å². The Morgan fingerprint density at radius 1 is 0.852 bits per heavy atom. The van der Waals surface area contributed by atoms with Crippen LogP contribution in [0.1, 0.15) is 18.1 Å². The molecule has 0 amide bonds. The van der Waals surface area contributed by atoms with E-state index < -0.39 is 0 Å². The van der Waals surface area contributed by atoms with Gasteiger partial charge in [0.2, 0.25) is 0 Å². The van der Waals surface area contributed by atoms with E-state index in [2.05, 4.69) is 15.9 Å². The number of hydrogen-bond donors (Lipinski definition) is 0. The van der Waals surface area contributed by atoms with Gasteiger partial charge in [0.25, 0.3) is 0 Å². The largest absolute Gasteiger partial charge is 0.496 e. The number of alkyl halides is 1. The first-order chi connectivity index (χ1) is 13.0. The number of para-hydroxylation sites is 2. The molecule has 2 aromatic carbocycles. The van der Waals surface area contributed by atoms with Crippen molar-refractivity contribution in [1.29, 1.82) is 0 Å². The predicted octanol–water partition coefficient (Wildman–Crippen LogP) is 4.97. The second kappa shape index (κ2) is 12.7. The Labute approximate surface area is 168 Å². The van der Waals surface area contributed by atoms with Crippen molar-refractivity contribution in [3.63, 3.8) is 0 Å². The molecular formula is C22H23BrO4. The summed E-state index contributed by atoms with van der Waals surface area (Å²) < 4.78 is 10.3. The van der Waals surface area contributed by atoms with Crippen molar-refractivity contribution < 1.29 is 19.1 Å². The summed E-state index contributed by atoms with van der Waals surface area (Å²) in [5.74, 6) is 1.62. The van der Waals surface area contributed by atoms with E-state index in [0.29, 0.717) is 5.33 Å². The number of ketones is 2. The molecule has 0 atom stereocenters. The summed E-state index contributed by atoms with van der Waals surface area (Å²) in [4.78, 5) is 21.7. The first-order valence-corrected chi connectivity index (χ1v) is 9.35. The quantitative estimate of drug-likeness (QED) is 0.459. The van der Waals surface area contributed by atoms with E-state index in [1.54, 1.807) is 26.4 Å². The third-order valence-electron chi connectivity index (χ3n) is 3.36. The fourth-order valence-corrected chi connectivity index (χ4v) is 2.23. The van der Waals surface area contributed by atoms with E-state index >= 15 is 0 Å². The molecule has 0 aromatic heterocycles. The van der Waals surface area contributed by atoms with Crippen LogP contribution >= 0.6 is 15.9 Å². The predicted molar refractivity (Wildman–Crippen MR) is 114 cm³/mol. The van der Waals surface area contributed by atoms with Crippen LogP contribution in [0.3, 0.4) is 0 Å². The minimum Gasteiger partial charge on any atom is -0.496 e. The van der Waals surface area contributed by atoms with Gasteiger partial charge in [0.1, 0.15) is 11.5 Å². The van der Waals surface area contributed by atoms with E-state index in [4.69, 9.17) is 9.47 Å². The molecule has 2 rings (SSSR count). The lowest BCUT2D eigenvalue weighted by Gasteiger charge is -2.02. The van der Waals surface area contributed by atoms with Crippen LogP contribution in [0.5, 0.6) is 11.5 Å². The van der Waals surface area contributed by atoms with Gasteiger partial charge in [-0.25, -0.2) is 0 Å². The highest BCUT2D eigenvalue weighted by atomic mass is 79.9. The standard InChI is InChI=1S/C11H11BrO2.C11H12O2/c1-14-11-5-3-2-4-9(11)6-7-10(13)8-12;1-9(12)7-8-10-5-3-4-6-11(10)13-2/h2-7H,8H2,1H3;3-8H,1-2H3/b7-6+;8-7+. The van der Waals surface area contributed by atoms with Gasteiger partial charge >= 0.3 is 0 Å². The average Bonchev–Trinajstić information content (AvgIpc) is 2.71. The average molecular weight is 431 g/mol. The summed E-state index contributed by atoms with van der Waals surface area (Å²) >= 11 is 3.09. The zero-order chi connectivity index (χ0) is 20.1. The van der Waals surface area contributed by atoms with Crippen LogP contribution in [0.2, 0.25) is 0 Å². The van der Waals surface area contributed by atoms with Crippen LogP contribution in [0, 0.1) is 0 Å². The third-order valence-corrected chi connectivity index (χ3v) is 3.91. The van der Waals surface area contributed by atoms with E-state index in [9.17, 15) is 9.59 Å². The van der Waals surface area contributed by atoms with Crippen molar-refractivity contribution >= 4 is 39.6 Å². The molecule has 0 saturated heterocycles. The van der Waals surface area contributed by atoms with Gasteiger partial charge in [-0.3, -0.25) is 9.59 Å². The van der Waals surface area contributed by atoms with Crippen molar-refractivity contribution in [2.45, 2.75) is 6.92 Å². The number of rotatable bonds is 7. The van der Waals surface area contributed by atoms with E-state index in [-0.39, 0.29) is 11.6 Å². The zero-order valence-electron chi connectivity index (χ0n) is 15.6. The van der Waals surface area contributed by atoms with Crippen LogP contribution in [0.4, 0.5) is 0 Å². The maximum absolute atomic E-state index is 11.0. The molecule has 0 unspecified atom stereocenters. The number of allylic oxidation sites excluding steroid dienone is 2. The smallest absolute Gasteiger partial charge is 0.166 e. The molecule has 0 aliphatic rings. The number of hydrogen-bond acceptors (Lipinski definition) is 4. The summed E-state index contributed by atoms with van der Waals surface area (Å²) in [6.45, 7) is 1.52. The maximum atomic E-state index is 11.0. The summed E-state index contributed by atoms with van der Waals surface area (Å²) in [6, 6.07) is 15.1. The molecule has 4 nitrogen and oxygen atoms in total. The van der Waals surface area contributed by atoms with Gasteiger partial charge in [-0.1, -0.05) is 52.3 Å². The molecule has 0 N–H and O–H groups in total. The topological polar surface area (TPSA) is 52.6 Å². The van der Waals surface area contributed by atoms with Crippen molar-refractivity contribution in [2.75, 3.05) is 19.5 Å². The summed E-state index contributed by atoms with van der Waals surface area (Å²) in [5.41, 5.74) is 1.82. The second-order valence-corrected chi connectivity index (χ2v) is 5.92. The van der Waals surface area contributed by atoms with Gasteiger partial charge < -0.3 is 9.47 Å². The minimum atomic E-state index is 0.0332. The highest BCUT2D eigenvalue weighted by molar-refractivity contribution is 9.09. The Morgan fingerprint density at radius 3 is 1.70 bits per heavy atom. The summed E-state index contributed by atoms with van der Waals surface area (Å²) in [6.07, 6.45) is 6.56. The first kappa shape index (κ1) is 22.4. The van der Waals surface area contributed by atoms with Crippen LogP contribution in [0.15, 0.2) is 60.7 Å². The number of ether oxygens (including phenoxy) is 2. The van der Waals surface area contributed by atoms with Crippen LogP contribution < -0.4 is 9.47 Å². The van der Waals surface area contributed by atoms with Gasteiger partial charge in [0.05, 0.1) is 19.5 Å². The Morgan fingerprint density at radius 2 is 1.30 bits per heavy atom. The highest BCUT2D eigenvalue weighted by Gasteiger charge is 1.98. The van der Waals surface area contributed by atoms with Gasteiger partial charge in [0.15, 0.2) is 11.6 Å². The van der Waals surface area contributed by atoms with E-state index in [1.165, 1.54) is 19.1 Å². The zero-order valence-corrected chi connectivity index (χ0v) is 17.2. The fraction of sp³-hybridized carbons (Fsp3) is 0.182. The number of carbonyl (C=O) groups excluding carboxylic acids is 2. The summed E-state index contributed by atoms with van der Waals surface area (Å²) in [5, 5.41) is 0.346. The van der Waals surface area contributed by atoms with Crippen LogP contribution in [-0.2, 0) is 9.59 Å². The molecule has 0 radical (unpaired) electrons. The van der Waals surface area contributed by atoms with Crippen LogP contribution in [-0.4, -0.2) is 31.1 Å².